The number of Topliss-reactive ketones (excluding diaryl/α,β-unsaturated/α-hetero) is 2. The van der Waals surface area contributed by atoms with E-state index in [1.807, 2.05) is 41.3 Å². The van der Waals surface area contributed by atoms with Crippen molar-refractivity contribution < 1.29 is 28.6 Å². The van der Waals surface area contributed by atoms with E-state index in [-0.39, 0.29) is 18.2 Å². The van der Waals surface area contributed by atoms with Crippen LogP contribution in [0.25, 0.3) is 6.08 Å². The van der Waals surface area contributed by atoms with Crippen LogP contribution in [0.4, 0.5) is 5.69 Å². The quantitative estimate of drug-likeness (QED) is 0.364. The molecular formula is C31H27NO6. The number of carbonyl (C=O) groups is 3. The summed E-state index contributed by atoms with van der Waals surface area (Å²) in [6.07, 6.45) is 3.80. The second kappa shape index (κ2) is 8.87. The first-order valence-corrected chi connectivity index (χ1v) is 12.6. The Morgan fingerprint density at radius 1 is 0.921 bits per heavy atom. The lowest BCUT2D eigenvalue weighted by atomic mass is 9.64. The zero-order chi connectivity index (χ0) is 26.6. The molecule has 1 spiro atoms. The van der Waals surface area contributed by atoms with E-state index in [4.69, 9.17) is 14.2 Å². The SMILES string of the molecule is CCOC(=O)[C@H]1[C@H](c2cc(OC)ccc2OC)C2(C(=O)c3ccccc3C2=O)[C@@H]2C=Cc3ccccc3N21. The molecule has 6 rings (SSSR count). The number of rotatable bonds is 5. The van der Waals surface area contributed by atoms with Crippen molar-refractivity contribution in [3.8, 4) is 11.5 Å². The number of hydrogen-bond donors (Lipinski definition) is 0. The van der Waals surface area contributed by atoms with Gasteiger partial charge in [0.1, 0.15) is 23.0 Å². The number of fused-ring (bicyclic) bond motifs is 5. The minimum atomic E-state index is -1.62. The number of esters is 1. The van der Waals surface area contributed by atoms with Gasteiger partial charge in [0.15, 0.2) is 11.6 Å². The summed E-state index contributed by atoms with van der Waals surface area (Å²) in [7, 11) is 3.07. The summed E-state index contributed by atoms with van der Waals surface area (Å²) in [6, 6.07) is 18.1. The second-order valence-corrected chi connectivity index (χ2v) is 9.63. The molecule has 2 aliphatic heterocycles. The van der Waals surface area contributed by atoms with E-state index in [1.165, 1.54) is 7.11 Å². The summed E-state index contributed by atoms with van der Waals surface area (Å²) in [5.41, 5.74) is 1.30. The molecule has 0 N–H and O–H groups in total. The van der Waals surface area contributed by atoms with Gasteiger partial charge >= 0.3 is 5.97 Å². The monoisotopic (exact) mass is 509 g/mol. The Morgan fingerprint density at radius 3 is 2.26 bits per heavy atom. The highest BCUT2D eigenvalue weighted by molar-refractivity contribution is 6.32. The van der Waals surface area contributed by atoms with E-state index in [2.05, 4.69) is 0 Å². The Morgan fingerprint density at radius 2 is 1.61 bits per heavy atom. The normalized spacial score (nSPS) is 22.2. The number of benzene rings is 3. The summed E-state index contributed by atoms with van der Waals surface area (Å²) in [4.78, 5) is 44.9. The molecule has 0 radical (unpaired) electrons. The number of para-hydroxylation sites is 1. The molecule has 0 amide bonds. The van der Waals surface area contributed by atoms with E-state index >= 15 is 0 Å². The Labute approximate surface area is 220 Å². The number of nitrogens with zero attached hydrogens (tertiary/aromatic N) is 1. The van der Waals surface area contributed by atoms with Crippen molar-refractivity contribution in [2.24, 2.45) is 5.41 Å². The van der Waals surface area contributed by atoms with Gasteiger partial charge in [0.25, 0.3) is 0 Å². The average molecular weight is 510 g/mol. The van der Waals surface area contributed by atoms with Crippen LogP contribution in [0.1, 0.15) is 44.7 Å². The fraction of sp³-hybridized carbons (Fsp3) is 0.258. The Balaban J connectivity index is 1.71. The van der Waals surface area contributed by atoms with Crippen molar-refractivity contribution in [1.29, 1.82) is 0 Å². The molecular weight excluding hydrogens is 482 g/mol. The van der Waals surface area contributed by atoms with Crippen LogP contribution in [0.5, 0.6) is 11.5 Å². The van der Waals surface area contributed by atoms with E-state index in [9.17, 15) is 14.4 Å². The lowest BCUT2D eigenvalue weighted by Crippen LogP contribution is -2.48. The first kappa shape index (κ1) is 24.0. The third kappa shape index (κ3) is 3.05. The maximum atomic E-state index is 14.6. The van der Waals surface area contributed by atoms with Gasteiger partial charge < -0.3 is 19.1 Å². The highest BCUT2D eigenvalue weighted by Crippen LogP contribution is 2.61. The number of carbonyl (C=O) groups excluding carboxylic acids is 3. The van der Waals surface area contributed by atoms with Crippen molar-refractivity contribution in [3.63, 3.8) is 0 Å². The van der Waals surface area contributed by atoms with Crippen molar-refractivity contribution in [2.75, 3.05) is 25.7 Å². The minimum absolute atomic E-state index is 0.155. The molecule has 0 aromatic heterocycles. The molecule has 1 fully saturated rings. The maximum Gasteiger partial charge on any atom is 0.329 e. The van der Waals surface area contributed by atoms with Gasteiger partial charge in [-0.15, -0.1) is 0 Å². The van der Waals surface area contributed by atoms with Crippen LogP contribution in [0.15, 0.2) is 72.8 Å². The topological polar surface area (TPSA) is 82.1 Å². The Kier molecular flexibility index (Phi) is 5.60. The largest absolute Gasteiger partial charge is 0.497 e. The summed E-state index contributed by atoms with van der Waals surface area (Å²) in [5.74, 6) is -1.06. The van der Waals surface area contributed by atoms with E-state index in [0.29, 0.717) is 28.2 Å². The fourth-order valence-corrected chi connectivity index (χ4v) is 6.54. The molecule has 192 valence electrons. The van der Waals surface area contributed by atoms with Gasteiger partial charge in [-0.1, -0.05) is 54.6 Å². The predicted octanol–water partition coefficient (Wildman–Crippen LogP) is 4.70. The van der Waals surface area contributed by atoms with Gasteiger partial charge in [-0.3, -0.25) is 9.59 Å². The van der Waals surface area contributed by atoms with Gasteiger partial charge in [0.2, 0.25) is 0 Å². The molecule has 0 bridgehead atoms. The molecule has 1 saturated heterocycles. The van der Waals surface area contributed by atoms with Gasteiger partial charge in [0.05, 0.1) is 26.9 Å². The third-order valence-corrected chi connectivity index (χ3v) is 8.01. The van der Waals surface area contributed by atoms with Crippen LogP contribution in [-0.4, -0.2) is 50.4 Å². The smallest absolute Gasteiger partial charge is 0.329 e. The molecule has 2 heterocycles. The van der Waals surface area contributed by atoms with Crippen molar-refractivity contribution in [3.05, 3.63) is 95.1 Å². The zero-order valence-corrected chi connectivity index (χ0v) is 21.3. The highest BCUT2D eigenvalue weighted by atomic mass is 16.5. The van der Waals surface area contributed by atoms with Gasteiger partial charge in [-0.2, -0.15) is 0 Å². The molecule has 3 atom stereocenters. The highest BCUT2D eigenvalue weighted by Gasteiger charge is 2.72. The van der Waals surface area contributed by atoms with Gasteiger partial charge in [-0.25, -0.2) is 4.79 Å². The van der Waals surface area contributed by atoms with Crippen LogP contribution >= 0.6 is 0 Å². The maximum absolute atomic E-state index is 14.6. The molecule has 3 aromatic carbocycles. The van der Waals surface area contributed by atoms with E-state index < -0.39 is 29.4 Å². The molecule has 3 aliphatic rings. The number of ketones is 2. The molecule has 38 heavy (non-hydrogen) atoms. The number of anilines is 1. The minimum Gasteiger partial charge on any atom is -0.497 e. The lowest BCUT2D eigenvalue weighted by Gasteiger charge is -2.36. The summed E-state index contributed by atoms with van der Waals surface area (Å²) >= 11 is 0. The molecule has 0 saturated carbocycles. The number of ether oxygens (including phenoxy) is 3. The molecule has 3 aromatic rings. The molecule has 0 unspecified atom stereocenters. The number of hydrogen-bond acceptors (Lipinski definition) is 7. The zero-order valence-electron chi connectivity index (χ0n) is 21.3. The molecule has 7 nitrogen and oxygen atoms in total. The first-order valence-electron chi connectivity index (χ1n) is 12.6. The molecule has 7 heteroatoms. The van der Waals surface area contributed by atoms with Crippen molar-refractivity contribution in [2.45, 2.75) is 24.9 Å². The molecule has 1 aliphatic carbocycles. The van der Waals surface area contributed by atoms with Gasteiger partial charge in [-0.05, 0) is 36.8 Å². The predicted molar refractivity (Wildman–Crippen MR) is 142 cm³/mol. The van der Waals surface area contributed by atoms with Gasteiger partial charge in [0, 0.05) is 28.3 Å². The van der Waals surface area contributed by atoms with Crippen LogP contribution < -0.4 is 14.4 Å². The second-order valence-electron chi connectivity index (χ2n) is 9.63. The van der Waals surface area contributed by atoms with Crippen molar-refractivity contribution in [1.82, 2.24) is 0 Å². The lowest BCUT2D eigenvalue weighted by molar-refractivity contribution is -0.145. The van der Waals surface area contributed by atoms with Crippen LogP contribution in [0.3, 0.4) is 0 Å². The Bertz CT molecular complexity index is 1470. The standard InChI is InChI=1S/C31H27NO6/c1-4-38-30(35)27-26(22-17-19(36-2)14-15-24(22)37-3)31(28(33)20-10-6-7-11-21(20)29(31)34)25-16-13-18-9-5-8-12-23(18)32(25)27/h5-17,25-27H,4H2,1-3H3/t25-,26-,27+/m0/s1. The van der Waals surface area contributed by atoms with Crippen molar-refractivity contribution >= 4 is 29.3 Å². The average Bonchev–Trinajstić information content (AvgIpc) is 3.39. The fourth-order valence-electron chi connectivity index (χ4n) is 6.54. The van der Waals surface area contributed by atoms with E-state index in [0.717, 1.165) is 11.3 Å². The Hall–Kier alpha value is -4.39. The summed E-state index contributed by atoms with van der Waals surface area (Å²) < 4.78 is 16.9. The van der Waals surface area contributed by atoms with Crippen LogP contribution in [-0.2, 0) is 9.53 Å². The van der Waals surface area contributed by atoms with Crippen LogP contribution in [0, 0.1) is 5.41 Å². The number of methoxy groups -OCH3 is 2. The summed E-state index contributed by atoms with van der Waals surface area (Å²) in [5, 5.41) is 0. The van der Waals surface area contributed by atoms with Crippen LogP contribution in [0.2, 0.25) is 0 Å². The third-order valence-electron chi connectivity index (χ3n) is 8.01. The van der Waals surface area contributed by atoms with E-state index in [1.54, 1.807) is 56.5 Å². The first-order chi connectivity index (χ1) is 18.5. The summed E-state index contributed by atoms with van der Waals surface area (Å²) in [6.45, 7) is 1.90.